The van der Waals surface area contributed by atoms with Gasteiger partial charge < -0.3 is 18.9 Å². The summed E-state index contributed by atoms with van der Waals surface area (Å²) in [6.07, 6.45) is 1.99. The minimum atomic E-state index is -0.472. The van der Waals surface area contributed by atoms with E-state index in [1.54, 1.807) is 35.9 Å². The number of nitrogens with zero attached hydrogens (tertiary/aromatic N) is 3. The second kappa shape index (κ2) is 11.4. The van der Waals surface area contributed by atoms with Crippen LogP contribution in [-0.4, -0.2) is 54.8 Å². The van der Waals surface area contributed by atoms with Gasteiger partial charge in [0.15, 0.2) is 0 Å². The minimum absolute atomic E-state index is 0.121. The zero-order chi connectivity index (χ0) is 28.4. The van der Waals surface area contributed by atoms with Crippen molar-refractivity contribution in [3.8, 4) is 16.9 Å². The number of carbonyl (C=O) groups excluding carboxylic acids is 2. The monoisotopic (exact) mass is 543 g/mol. The normalized spacial score (nSPS) is 12.8. The minimum Gasteiger partial charge on any atom is -0.494 e. The molecule has 1 aromatic heterocycles. The Bertz CT molecular complexity index is 1520. The standard InChI is InChI=1S/C32H34FN3O4/c1-5-39-25-18-12-22(13-19-25)28-26-8-7-9-27(35(4)32(38)34(3)24-16-17-24)29(26)36(30(28)31(37)40-6-2)20-21-10-14-23(33)15-11-21/h7-15,18-19,24H,5-6,16-17,20H2,1-4H3. The predicted octanol–water partition coefficient (Wildman–Crippen LogP) is 6.72. The molecule has 1 saturated carbocycles. The molecule has 40 heavy (non-hydrogen) atoms. The average molecular weight is 544 g/mol. The van der Waals surface area contributed by atoms with Crippen LogP contribution in [0.5, 0.6) is 5.75 Å². The lowest BCUT2D eigenvalue weighted by Gasteiger charge is -2.26. The van der Waals surface area contributed by atoms with Gasteiger partial charge in [-0.15, -0.1) is 0 Å². The summed E-state index contributed by atoms with van der Waals surface area (Å²) in [6, 6.07) is 19.7. The van der Waals surface area contributed by atoms with E-state index in [0.717, 1.165) is 40.6 Å². The Labute approximate surface area is 233 Å². The topological polar surface area (TPSA) is 64.0 Å². The van der Waals surface area contributed by atoms with E-state index in [9.17, 15) is 14.0 Å². The van der Waals surface area contributed by atoms with Crippen molar-refractivity contribution in [1.82, 2.24) is 9.47 Å². The van der Waals surface area contributed by atoms with Gasteiger partial charge in [-0.2, -0.15) is 0 Å². The zero-order valence-corrected chi connectivity index (χ0v) is 23.3. The van der Waals surface area contributed by atoms with Crippen LogP contribution in [0.25, 0.3) is 22.0 Å². The first-order valence-corrected chi connectivity index (χ1v) is 13.6. The highest BCUT2D eigenvalue weighted by atomic mass is 19.1. The van der Waals surface area contributed by atoms with E-state index in [0.29, 0.717) is 23.6 Å². The molecular formula is C32H34FN3O4. The maximum absolute atomic E-state index is 13.8. The van der Waals surface area contributed by atoms with Crippen LogP contribution >= 0.6 is 0 Å². The maximum Gasteiger partial charge on any atom is 0.355 e. The zero-order valence-electron chi connectivity index (χ0n) is 23.3. The molecule has 2 amide bonds. The number of urea groups is 1. The average Bonchev–Trinajstić information content (AvgIpc) is 3.76. The van der Waals surface area contributed by atoms with Crippen molar-refractivity contribution in [2.45, 2.75) is 39.3 Å². The molecule has 1 fully saturated rings. The second-order valence-electron chi connectivity index (χ2n) is 9.97. The molecule has 0 radical (unpaired) electrons. The summed E-state index contributed by atoms with van der Waals surface area (Å²) in [5.41, 5.74) is 4.08. The van der Waals surface area contributed by atoms with Crippen LogP contribution in [0.2, 0.25) is 0 Å². The third-order valence-corrected chi connectivity index (χ3v) is 7.28. The third kappa shape index (κ3) is 5.26. The number of amides is 2. The number of halogens is 1. The first kappa shape index (κ1) is 27.2. The van der Waals surface area contributed by atoms with E-state index < -0.39 is 5.97 Å². The molecule has 0 spiro atoms. The van der Waals surface area contributed by atoms with E-state index >= 15 is 0 Å². The highest BCUT2D eigenvalue weighted by Crippen LogP contribution is 2.41. The van der Waals surface area contributed by atoms with Crippen molar-refractivity contribution in [3.63, 3.8) is 0 Å². The summed E-state index contributed by atoms with van der Waals surface area (Å²) < 4.78 is 26.9. The number of hydrogen-bond donors (Lipinski definition) is 0. The molecule has 0 bridgehead atoms. The van der Waals surface area contributed by atoms with Gasteiger partial charge in [0.05, 0.1) is 24.4 Å². The van der Waals surface area contributed by atoms with Crippen LogP contribution in [-0.2, 0) is 11.3 Å². The van der Waals surface area contributed by atoms with Crippen LogP contribution in [0, 0.1) is 5.82 Å². The highest BCUT2D eigenvalue weighted by molar-refractivity contribution is 6.13. The van der Waals surface area contributed by atoms with E-state index in [1.807, 2.05) is 61.0 Å². The highest BCUT2D eigenvalue weighted by Gasteiger charge is 2.33. The first-order chi connectivity index (χ1) is 19.3. The largest absolute Gasteiger partial charge is 0.494 e. The number of rotatable bonds is 9. The number of esters is 1. The smallest absolute Gasteiger partial charge is 0.355 e. The summed E-state index contributed by atoms with van der Waals surface area (Å²) in [7, 11) is 3.58. The first-order valence-electron chi connectivity index (χ1n) is 13.6. The number of aromatic nitrogens is 1. The molecule has 1 aliphatic carbocycles. The number of anilines is 1. The van der Waals surface area contributed by atoms with Crippen molar-refractivity contribution in [3.05, 3.63) is 83.8 Å². The molecule has 0 aliphatic heterocycles. The molecule has 1 aliphatic rings. The summed E-state index contributed by atoms with van der Waals surface area (Å²) in [6.45, 7) is 4.72. The summed E-state index contributed by atoms with van der Waals surface area (Å²) in [5.74, 6) is -0.0798. The van der Waals surface area contributed by atoms with Crippen molar-refractivity contribution < 1.29 is 23.5 Å². The SMILES string of the molecule is CCOC(=O)c1c(-c2ccc(OCC)cc2)c2cccc(N(C)C(=O)N(C)C3CC3)c2n1Cc1ccc(F)cc1. The van der Waals surface area contributed by atoms with Gasteiger partial charge in [0.2, 0.25) is 0 Å². The van der Waals surface area contributed by atoms with E-state index in [1.165, 1.54) is 12.1 Å². The van der Waals surface area contributed by atoms with Crippen molar-refractivity contribution >= 4 is 28.6 Å². The van der Waals surface area contributed by atoms with Crippen LogP contribution < -0.4 is 9.64 Å². The van der Waals surface area contributed by atoms with Crippen LogP contribution in [0.15, 0.2) is 66.7 Å². The number of ether oxygens (including phenoxy) is 2. The van der Waals surface area contributed by atoms with Gasteiger partial charge in [-0.25, -0.2) is 14.0 Å². The fraction of sp³-hybridized carbons (Fsp3) is 0.312. The Hall–Kier alpha value is -4.33. The molecule has 3 aromatic carbocycles. The molecule has 0 unspecified atom stereocenters. The van der Waals surface area contributed by atoms with Gasteiger partial charge >= 0.3 is 12.0 Å². The molecule has 0 atom stereocenters. The van der Waals surface area contributed by atoms with Gasteiger partial charge in [-0.1, -0.05) is 36.4 Å². The maximum atomic E-state index is 13.8. The Morgan fingerprint density at radius 2 is 1.65 bits per heavy atom. The lowest BCUT2D eigenvalue weighted by atomic mass is 10.0. The van der Waals surface area contributed by atoms with E-state index in [2.05, 4.69) is 0 Å². The lowest BCUT2D eigenvalue weighted by Crippen LogP contribution is -2.40. The number of hydrogen-bond acceptors (Lipinski definition) is 4. The van der Waals surface area contributed by atoms with Gasteiger partial charge in [0.25, 0.3) is 0 Å². The Morgan fingerprint density at radius 3 is 2.27 bits per heavy atom. The molecule has 1 heterocycles. The van der Waals surface area contributed by atoms with E-state index in [4.69, 9.17) is 9.47 Å². The fourth-order valence-corrected chi connectivity index (χ4v) is 5.14. The Morgan fingerprint density at radius 1 is 0.950 bits per heavy atom. The van der Waals surface area contributed by atoms with Crippen LogP contribution in [0.1, 0.15) is 42.7 Å². The Kier molecular flexibility index (Phi) is 7.78. The third-order valence-electron chi connectivity index (χ3n) is 7.28. The lowest BCUT2D eigenvalue weighted by molar-refractivity contribution is 0.0516. The van der Waals surface area contributed by atoms with Crippen molar-refractivity contribution in [2.24, 2.45) is 0 Å². The summed E-state index contributed by atoms with van der Waals surface area (Å²) in [4.78, 5) is 30.5. The van der Waals surface area contributed by atoms with Crippen LogP contribution in [0.3, 0.4) is 0 Å². The number of benzene rings is 3. The molecule has 4 aromatic rings. The van der Waals surface area contributed by atoms with Crippen LogP contribution in [0.4, 0.5) is 14.9 Å². The summed E-state index contributed by atoms with van der Waals surface area (Å²) in [5, 5.41) is 0.806. The number of para-hydroxylation sites is 1. The predicted molar refractivity (Wildman–Crippen MR) is 155 cm³/mol. The van der Waals surface area contributed by atoms with Gasteiger partial charge in [-0.05, 0) is 68.1 Å². The molecular weight excluding hydrogens is 509 g/mol. The summed E-state index contributed by atoms with van der Waals surface area (Å²) >= 11 is 0. The van der Waals surface area contributed by atoms with Gasteiger partial charge in [0, 0.05) is 37.6 Å². The molecule has 0 N–H and O–H groups in total. The fourth-order valence-electron chi connectivity index (χ4n) is 5.14. The van der Waals surface area contributed by atoms with Crippen molar-refractivity contribution in [1.29, 1.82) is 0 Å². The molecule has 0 saturated heterocycles. The van der Waals surface area contributed by atoms with E-state index in [-0.39, 0.29) is 31.0 Å². The second-order valence-corrected chi connectivity index (χ2v) is 9.97. The van der Waals surface area contributed by atoms with Crippen molar-refractivity contribution in [2.75, 3.05) is 32.2 Å². The van der Waals surface area contributed by atoms with Gasteiger partial charge in [0.1, 0.15) is 17.3 Å². The Balaban J connectivity index is 1.76. The molecule has 5 rings (SSSR count). The molecule has 8 heteroatoms. The number of carbonyl (C=O) groups is 2. The number of fused-ring (bicyclic) bond motifs is 1. The molecule has 7 nitrogen and oxygen atoms in total. The molecule has 208 valence electrons. The quantitative estimate of drug-likeness (QED) is 0.220. The van der Waals surface area contributed by atoms with Gasteiger partial charge in [-0.3, -0.25) is 4.90 Å².